The van der Waals surface area contributed by atoms with Gasteiger partial charge in [0.2, 0.25) is 0 Å². The number of amides is 2. The Morgan fingerprint density at radius 3 is 2.43 bits per heavy atom. The van der Waals surface area contributed by atoms with Gasteiger partial charge in [-0.2, -0.15) is 18.3 Å². The lowest BCUT2D eigenvalue weighted by Gasteiger charge is -2.21. The van der Waals surface area contributed by atoms with Gasteiger partial charge in [-0.25, -0.2) is 14.3 Å². The van der Waals surface area contributed by atoms with Gasteiger partial charge in [-0.15, -0.1) is 0 Å². The van der Waals surface area contributed by atoms with Crippen molar-refractivity contribution in [3.05, 3.63) is 59.4 Å². The highest BCUT2D eigenvalue weighted by atomic mass is 19.4. The molecular formula is C18H12F4N4O2. The van der Waals surface area contributed by atoms with Gasteiger partial charge in [0, 0.05) is 0 Å². The van der Waals surface area contributed by atoms with Crippen molar-refractivity contribution in [1.29, 1.82) is 0 Å². The van der Waals surface area contributed by atoms with Crippen LogP contribution in [0.3, 0.4) is 0 Å². The van der Waals surface area contributed by atoms with Crippen LogP contribution in [0.1, 0.15) is 11.1 Å². The van der Waals surface area contributed by atoms with Gasteiger partial charge in [-0.1, -0.05) is 17.4 Å². The molecule has 0 unspecified atom stereocenters. The summed E-state index contributed by atoms with van der Waals surface area (Å²) in [6, 6.07) is 5.69. The molecule has 0 N–H and O–H groups in total. The number of fused-ring (bicyclic) bond motifs is 1. The number of alkyl halides is 3. The molecule has 2 atom stereocenters. The number of hydrogen-bond acceptors (Lipinski definition) is 5. The predicted molar refractivity (Wildman–Crippen MR) is 90.0 cm³/mol. The molecule has 10 heteroatoms. The lowest BCUT2D eigenvalue weighted by molar-refractivity contribution is -0.137. The normalized spacial score (nSPS) is 21.6. The number of nitrogens with zero attached hydrogens (tertiary/aromatic N) is 4. The molecule has 28 heavy (non-hydrogen) atoms. The molecule has 6 nitrogen and oxygen atoms in total. The van der Waals surface area contributed by atoms with E-state index in [-0.39, 0.29) is 11.4 Å². The van der Waals surface area contributed by atoms with Crippen molar-refractivity contribution in [2.75, 3.05) is 9.91 Å². The van der Waals surface area contributed by atoms with Crippen molar-refractivity contribution < 1.29 is 27.2 Å². The molecule has 2 amide bonds. The highest BCUT2D eigenvalue weighted by Gasteiger charge is 2.55. The van der Waals surface area contributed by atoms with Gasteiger partial charge < -0.3 is 0 Å². The molecule has 1 fully saturated rings. The van der Waals surface area contributed by atoms with Crippen molar-refractivity contribution >= 4 is 23.2 Å². The Balaban J connectivity index is 1.70. The molecule has 2 aliphatic rings. The zero-order valence-electron chi connectivity index (χ0n) is 14.3. The summed E-state index contributed by atoms with van der Waals surface area (Å²) in [4.78, 5) is 26.3. The van der Waals surface area contributed by atoms with Crippen molar-refractivity contribution in [3.8, 4) is 0 Å². The third kappa shape index (κ3) is 2.72. The summed E-state index contributed by atoms with van der Waals surface area (Å²) in [5, 5.41) is 8.47. The molecular weight excluding hydrogens is 380 g/mol. The Morgan fingerprint density at radius 2 is 1.75 bits per heavy atom. The number of carbonyl (C=O) groups excluding carboxylic acids is 2. The topological polar surface area (TPSA) is 65.3 Å². The van der Waals surface area contributed by atoms with Crippen LogP contribution in [-0.2, 0) is 15.8 Å². The highest BCUT2D eigenvalue weighted by molar-refractivity contribution is 6.26. The van der Waals surface area contributed by atoms with Gasteiger partial charge in [0.05, 0.1) is 16.9 Å². The lowest BCUT2D eigenvalue weighted by atomic mass is 10.1. The summed E-state index contributed by atoms with van der Waals surface area (Å²) in [5.74, 6) is -2.04. The van der Waals surface area contributed by atoms with E-state index in [0.717, 1.165) is 28.1 Å². The first kappa shape index (κ1) is 18.1. The summed E-state index contributed by atoms with van der Waals surface area (Å²) in [5.41, 5.74) is -0.568. The van der Waals surface area contributed by atoms with E-state index in [0.29, 0.717) is 5.56 Å². The van der Waals surface area contributed by atoms with Crippen LogP contribution in [0.15, 0.2) is 52.8 Å². The molecule has 0 aromatic heterocycles. The molecule has 0 radical (unpaired) electrons. The highest BCUT2D eigenvalue weighted by Crippen LogP contribution is 2.37. The number of imide groups is 1. The SMILES string of the molecule is Cc1ccc(N2C(=O)[C@@H]3N=NN(c4cccc(C(F)(F)F)c4)[C@H]3C2=O)cc1F. The van der Waals surface area contributed by atoms with Crippen molar-refractivity contribution in [2.24, 2.45) is 10.3 Å². The molecule has 1 saturated heterocycles. The number of carbonyl (C=O) groups is 2. The summed E-state index contributed by atoms with van der Waals surface area (Å²) in [6.07, 6.45) is -4.58. The molecule has 2 aromatic rings. The third-order valence-corrected chi connectivity index (χ3v) is 4.63. The van der Waals surface area contributed by atoms with E-state index in [2.05, 4.69) is 10.3 Å². The van der Waals surface area contributed by atoms with Gasteiger partial charge in [-0.05, 0) is 42.8 Å². The first-order valence-electron chi connectivity index (χ1n) is 8.20. The fourth-order valence-electron chi connectivity index (χ4n) is 3.17. The van der Waals surface area contributed by atoms with Gasteiger partial charge in [0.1, 0.15) is 5.82 Å². The molecule has 0 spiro atoms. The second kappa shape index (κ2) is 6.11. The minimum Gasteiger partial charge on any atom is -0.271 e. The molecule has 144 valence electrons. The maximum atomic E-state index is 13.9. The average molecular weight is 392 g/mol. The number of benzene rings is 2. The molecule has 2 aliphatic heterocycles. The predicted octanol–water partition coefficient (Wildman–Crippen LogP) is 3.65. The van der Waals surface area contributed by atoms with Gasteiger partial charge in [0.25, 0.3) is 11.8 Å². The van der Waals surface area contributed by atoms with Crippen LogP contribution in [-0.4, -0.2) is 23.9 Å². The van der Waals surface area contributed by atoms with Crippen molar-refractivity contribution in [2.45, 2.75) is 25.2 Å². The number of anilines is 2. The van der Waals surface area contributed by atoms with Crippen molar-refractivity contribution in [3.63, 3.8) is 0 Å². The molecule has 2 aromatic carbocycles. The number of halogens is 4. The Hall–Kier alpha value is -3.30. The Bertz CT molecular complexity index is 1020. The smallest absolute Gasteiger partial charge is 0.271 e. The maximum absolute atomic E-state index is 13.9. The number of aryl methyl sites for hydroxylation is 1. The maximum Gasteiger partial charge on any atom is 0.416 e. The summed E-state index contributed by atoms with van der Waals surface area (Å²) >= 11 is 0. The second-order valence-electron chi connectivity index (χ2n) is 6.43. The van der Waals surface area contributed by atoms with Crippen LogP contribution in [0.4, 0.5) is 28.9 Å². The molecule has 0 saturated carbocycles. The van der Waals surface area contributed by atoms with Gasteiger partial charge in [-0.3, -0.25) is 9.59 Å². The van der Waals surface area contributed by atoms with Gasteiger partial charge in [0.15, 0.2) is 12.1 Å². The van der Waals surface area contributed by atoms with E-state index < -0.39 is 41.5 Å². The van der Waals surface area contributed by atoms with E-state index in [4.69, 9.17) is 0 Å². The zero-order valence-corrected chi connectivity index (χ0v) is 14.3. The van der Waals surface area contributed by atoms with Crippen LogP contribution in [0.25, 0.3) is 0 Å². The van der Waals surface area contributed by atoms with E-state index in [9.17, 15) is 27.2 Å². The Labute approximate surface area is 156 Å². The fourth-order valence-corrected chi connectivity index (χ4v) is 3.17. The van der Waals surface area contributed by atoms with Crippen LogP contribution in [0.2, 0.25) is 0 Å². The minimum atomic E-state index is -4.58. The standard InChI is InChI=1S/C18H12F4N4O2/c1-9-5-6-11(8-13(9)19)25-16(27)14-15(17(25)28)26(24-23-14)12-4-2-3-10(7-12)18(20,21)22/h2-8,14-15H,1H3/t14-,15-/m1/s1. The first-order chi connectivity index (χ1) is 13.2. The largest absolute Gasteiger partial charge is 0.416 e. The Kier molecular flexibility index (Phi) is 3.95. The number of rotatable bonds is 2. The number of hydrogen-bond donors (Lipinski definition) is 0. The molecule has 0 aliphatic carbocycles. The van der Waals surface area contributed by atoms with E-state index >= 15 is 0 Å². The van der Waals surface area contributed by atoms with E-state index in [1.807, 2.05) is 0 Å². The van der Waals surface area contributed by atoms with Crippen LogP contribution in [0.5, 0.6) is 0 Å². The van der Waals surface area contributed by atoms with Gasteiger partial charge >= 0.3 is 6.18 Å². The lowest BCUT2D eigenvalue weighted by Crippen LogP contribution is -2.40. The summed E-state index contributed by atoms with van der Waals surface area (Å²) < 4.78 is 52.8. The average Bonchev–Trinajstić information content (AvgIpc) is 3.18. The summed E-state index contributed by atoms with van der Waals surface area (Å²) in [7, 11) is 0. The Morgan fingerprint density at radius 1 is 1.00 bits per heavy atom. The van der Waals surface area contributed by atoms with E-state index in [1.54, 1.807) is 0 Å². The third-order valence-electron chi connectivity index (χ3n) is 4.63. The quantitative estimate of drug-likeness (QED) is 0.579. The monoisotopic (exact) mass is 392 g/mol. The molecule has 4 rings (SSSR count). The van der Waals surface area contributed by atoms with Crippen molar-refractivity contribution in [1.82, 2.24) is 0 Å². The fraction of sp³-hybridized carbons (Fsp3) is 0.222. The van der Waals surface area contributed by atoms with Crippen LogP contribution < -0.4 is 9.91 Å². The first-order valence-corrected chi connectivity index (χ1v) is 8.20. The molecule has 0 bridgehead atoms. The van der Waals surface area contributed by atoms with E-state index in [1.165, 1.54) is 31.2 Å². The van der Waals surface area contributed by atoms with Crippen LogP contribution in [0, 0.1) is 12.7 Å². The molecule has 2 heterocycles. The zero-order chi connectivity index (χ0) is 20.2. The van der Waals surface area contributed by atoms with Crippen LogP contribution >= 0.6 is 0 Å². The summed E-state index contributed by atoms with van der Waals surface area (Å²) in [6.45, 7) is 1.53. The second-order valence-corrected chi connectivity index (χ2v) is 6.43. The minimum absolute atomic E-state index is 0.0239.